The maximum Gasteiger partial charge on any atom is 0.417 e. The van der Waals surface area contributed by atoms with Crippen molar-refractivity contribution in [3.8, 4) is 11.1 Å². The Labute approximate surface area is 182 Å². The van der Waals surface area contributed by atoms with Gasteiger partial charge in [-0.15, -0.1) is 5.10 Å². The Hall–Kier alpha value is -3.19. The molecule has 0 unspecified atom stereocenters. The Bertz CT molecular complexity index is 1230. The molecule has 0 atom stereocenters. The normalized spacial score (nSPS) is 12.7. The van der Waals surface area contributed by atoms with Crippen LogP contribution in [-0.2, 0) is 16.2 Å². The van der Waals surface area contributed by atoms with Crippen LogP contribution in [0, 0.1) is 6.92 Å². The van der Waals surface area contributed by atoms with Gasteiger partial charge >= 0.3 is 6.18 Å². The van der Waals surface area contributed by atoms with Gasteiger partial charge in [0.05, 0.1) is 5.56 Å². The van der Waals surface area contributed by atoms with Crippen LogP contribution in [0.25, 0.3) is 11.1 Å². The lowest BCUT2D eigenvalue weighted by molar-refractivity contribution is -0.137. The zero-order valence-electron chi connectivity index (χ0n) is 17.7. The molecule has 9 nitrogen and oxygen atoms in total. The fraction of sp³-hybridized carbons (Fsp3) is 0.316. The number of nitrogen functional groups attached to an aromatic ring is 1. The number of H-pyrrole nitrogens is 1. The van der Waals surface area contributed by atoms with Crippen LogP contribution in [0.2, 0.25) is 0 Å². The van der Waals surface area contributed by atoms with Crippen molar-refractivity contribution >= 4 is 27.6 Å². The summed E-state index contributed by atoms with van der Waals surface area (Å²) in [6.07, 6.45) is -3.58. The van der Waals surface area contributed by atoms with E-state index in [0.29, 0.717) is 0 Å². The van der Waals surface area contributed by atoms with Crippen molar-refractivity contribution in [1.29, 1.82) is 0 Å². The third-order valence-electron chi connectivity index (χ3n) is 4.14. The number of sulfonamides is 1. The predicted octanol–water partition coefficient (Wildman–Crippen LogP) is 3.60. The van der Waals surface area contributed by atoms with E-state index in [9.17, 15) is 21.6 Å². The molecule has 172 valence electrons. The Kier molecular flexibility index (Phi) is 5.91. The first-order chi connectivity index (χ1) is 14.7. The molecule has 0 amide bonds. The summed E-state index contributed by atoms with van der Waals surface area (Å²) in [5.74, 6) is 0.0318. The van der Waals surface area contributed by atoms with Gasteiger partial charge in [0.2, 0.25) is 11.9 Å². The molecule has 5 N–H and O–H groups in total. The quantitative estimate of drug-likeness (QED) is 0.448. The average molecular weight is 469 g/mol. The molecule has 0 radical (unpaired) electrons. The SMILES string of the molecule is Cc1cc(Nc2n[nH]c(N)n2)cc(C(F)(F)F)c1-c1ccc(S(=O)(=O)NC(C)(C)C)nc1. The lowest BCUT2D eigenvalue weighted by atomic mass is 9.95. The van der Waals surface area contributed by atoms with Gasteiger partial charge in [-0.05, 0) is 63.1 Å². The van der Waals surface area contributed by atoms with Crippen molar-refractivity contribution in [2.24, 2.45) is 0 Å². The number of halogens is 3. The van der Waals surface area contributed by atoms with Crippen LogP contribution in [0.1, 0.15) is 31.9 Å². The van der Waals surface area contributed by atoms with Crippen LogP contribution in [-0.4, -0.2) is 34.1 Å². The summed E-state index contributed by atoms with van der Waals surface area (Å²) < 4.78 is 68.9. The minimum Gasteiger partial charge on any atom is -0.368 e. The summed E-state index contributed by atoms with van der Waals surface area (Å²) in [4.78, 5) is 7.71. The standard InChI is InChI=1S/C19H22F3N7O2S/c1-10-7-12(25-17-26-16(23)27-28-17)8-13(19(20,21)22)15(10)11-5-6-14(24-9-11)32(30,31)29-18(2,3)4/h5-9,29H,1-4H3,(H4,23,25,26,27,28). The van der Waals surface area contributed by atoms with Gasteiger partial charge in [-0.1, -0.05) is 0 Å². The number of aromatic amines is 1. The molecule has 0 saturated carbocycles. The highest BCUT2D eigenvalue weighted by Gasteiger charge is 2.35. The molecular formula is C19H22F3N7O2S. The second-order valence-corrected chi connectivity index (χ2v) is 9.75. The van der Waals surface area contributed by atoms with Gasteiger partial charge in [0.1, 0.15) is 0 Å². The first-order valence-electron chi connectivity index (χ1n) is 9.33. The Balaban J connectivity index is 2.03. The Morgan fingerprint density at radius 1 is 1.12 bits per heavy atom. The second-order valence-electron chi connectivity index (χ2n) is 8.12. The van der Waals surface area contributed by atoms with E-state index in [-0.39, 0.29) is 39.3 Å². The zero-order chi connectivity index (χ0) is 23.9. The summed E-state index contributed by atoms with van der Waals surface area (Å²) in [6.45, 7) is 6.51. The number of benzene rings is 1. The van der Waals surface area contributed by atoms with Gasteiger partial charge in [0.25, 0.3) is 10.0 Å². The number of aromatic nitrogens is 4. The van der Waals surface area contributed by atoms with Crippen molar-refractivity contribution in [1.82, 2.24) is 24.9 Å². The van der Waals surface area contributed by atoms with Gasteiger partial charge in [0, 0.05) is 23.0 Å². The fourth-order valence-corrected chi connectivity index (χ4v) is 4.42. The molecule has 0 aliphatic carbocycles. The summed E-state index contributed by atoms with van der Waals surface area (Å²) >= 11 is 0. The predicted molar refractivity (Wildman–Crippen MR) is 114 cm³/mol. The average Bonchev–Trinajstić information content (AvgIpc) is 3.03. The van der Waals surface area contributed by atoms with E-state index in [0.717, 1.165) is 12.3 Å². The summed E-state index contributed by atoms with van der Waals surface area (Å²) in [5.41, 5.74) is 4.18. The van der Waals surface area contributed by atoms with E-state index in [1.165, 1.54) is 25.1 Å². The lowest BCUT2D eigenvalue weighted by Crippen LogP contribution is -2.40. The maximum atomic E-state index is 13.9. The monoisotopic (exact) mass is 469 g/mol. The number of nitrogens with zero attached hydrogens (tertiary/aromatic N) is 3. The molecule has 2 aromatic heterocycles. The highest BCUT2D eigenvalue weighted by Crippen LogP contribution is 2.41. The van der Waals surface area contributed by atoms with E-state index in [2.05, 4.69) is 30.2 Å². The molecular weight excluding hydrogens is 447 g/mol. The number of alkyl halides is 3. The molecule has 0 fully saturated rings. The van der Waals surface area contributed by atoms with Gasteiger partial charge in [-0.25, -0.2) is 23.2 Å². The number of nitrogens with two attached hydrogens (primary N) is 1. The van der Waals surface area contributed by atoms with E-state index in [1.807, 2.05) is 0 Å². The van der Waals surface area contributed by atoms with Crippen LogP contribution in [0.5, 0.6) is 0 Å². The van der Waals surface area contributed by atoms with Crippen LogP contribution >= 0.6 is 0 Å². The van der Waals surface area contributed by atoms with Crippen molar-refractivity contribution in [2.75, 3.05) is 11.1 Å². The largest absolute Gasteiger partial charge is 0.417 e. The number of rotatable bonds is 5. The molecule has 3 rings (SSSR count). The number of pyridine rings is 1. The topological polar surface area (TPSA) is 139 Å². The lowest BCUT2D eigenvalue weighted by Gasteiger charge is -2.20. The number of hydrogen-bond donors (Lipinski definition) is 4. The van der Waals surface area contributed by atoms with Gasteiger partial charge in [-0.3, -0.25) is 0 Å². The fourth-order valence-electron chi connectivity index (χ4n) is 3.07. The Morgan fingerprint density at radius 2 is 1.81 bits per heavy atom. The first-order valence-corrected chi connectivity index (χ1v) is 10.8. The third-order valence-corrected chi connectivity index (χ3v) is 5.81. The zero-order valence-corrected chi connectivity index (χ0v) is 18.5. The summed E-state index contributed by atoms with van der Waals surface area (Å²) in [5, 5.41) is 8.51. The van der Waals surface area contributed by atoms with E-state index in [1.54, 1.807) is 20.8 Å². The van der Waals surface area contributed by atoms with Crippen molar-refractivity contribution in [3.63, 3.8) is 0 Å². The molecule has 13 heteroatoms. The van der Waals surface area contributed by atoms with Gasteiger partial charge in [-0.2, -0.15) is 18.2 Å². The van der Waals surface area contributed by atoms with E-state index in [4.69, 9.17) is 5.73 Å². The number of hydrogen-bond acceptors (Lipinski definition) is 7. The Morgan fingerprint density at radius 3 is 2.31 bits per heavy atom. The minimum atomic E-state index is -4.69. The van der Waals surface area contributed by atoms with Crippen LogP contribution < -0.4 is 15.8 Å². The van der Waals surface area contributed by atoms with Crippen LogP contribution in [0.3, 0.4) is 0 Å². The molecule has 3 aromatic rings. The molecule has 0 bridgehead atoms. The van der Waals surface area contributed by atoms with Crippen molar-refractivity contribution < 1.29 is 21.6 Å². The molecule has 32 heavy (non-hydrogen) atoms. The maximum absolute atomic E-state index is 13.9. The number of nitrogens with one attached hydrogen (secondary N) is 3. The smallest absolute Gasteiger partial charge is 0.368 e. The number of aryl methyl sites for hydroxylation is 1. The van der Waals surface area contributed by atoms with E-state index >= 15 is 0 Å². The molecule has 0 aliphatic rings. The second kappa shape index (κ2) is 8.06. The first kappa shape index (κ1) is 23.5. The molecule has 0 spiro atoms. The van der Waals surface area contributed by atoms with Crippen LogP contribution in [0.4, 0.5) is 30.8 Å². The highest BCUT2D eigenvalue weighted by atomic mass is 32.2. The molecule has 0 saturated heterocycles. The van der Waals surface area contributed by atoms with Crippen molar-refractivity contribution in [2.45, 2.75) is 44.4 Å². The van der Waals surface area contributed by atoms with Crippen molar-refractivity contribution in [3.05, 3.63) is 41.6 Å². The molecule has 0 aliphatic heterocycles. The van der Waals surface area contributed by atoms with Gasteiger partial charge in [0.15, 0.2) is 5.03 Å². The summed E-state index contributed by atoms with van der Waals surface area (Å²) in [7, 11) is -3.93. The van der Waals surface area contributed by atoms with E-state index < -0.39 is 27.3 Å². The minimum absolute atomic E-state index is 0.0129. The van der Waals surface area contributed by atoms with Crippen LogP contribution in [0.15, 0.2) is 35.5 Å². The molecule has 1 aromatic carbocycles. The highest BCUT2D eigenvalue weighted by molar-refractivity contribution is 7.89. The molecule has 2 heterocycles. The third kappa shape index (κ3) is 5.34. The number of anilines is 3. The summed E-state index contributed by atoms with van der Waals surface area (Å²) in [6, 6.07) is 4.88. The van der Waals surface area contributed by atoms with Gasteiger partial charge < -0.3 is 11.1 Å².